The van der Waals surface area contributed by atoms with Crippen molar-refractivity contribution in [1.82, 2.24) is 14.4 Å². The monoisotopic (exact) mass is 771 g/mol. The van der Waals surface area contributed by atoms with Crippen LogP contribution >= 0.6 is 11.8 Å². The average Bonchev–Trinajstić information content (AvgIpc) is 3.28. The Bertz CT molecular complexity index is 3110. The second-order valence-electron chi connectivity index (χ2n) is 11.1. The first-order valence-corrected chi connectivity index (χ1v) is 16.0. The third-order valence-electron chi connectivity index (χ3n) is 7.48. The van der Waals surface area contributed by atoms with Crippen LogP contribution in [0.25, 0.3) is 22.0 Å². The first-order chi connectivity index (χ1) is 33.8. The van der Waals surface area contributed by atoms with E-state index in [4.69, 9.17) is 20.6 Å². The highest BCUT2D eigenvalue weighted by molar-refractivity contribution is 7.98. The van der Waals surface area contributed by atoms with E-state index in [1.807, 2.05) is 0 Å². The molecule has 1 aliphatic heterocycles. The molecule has 0 spiro atoms. The van der Waals surface area contributed by atoms with Gasteiger partial charge >= 0.3 is 6.18 Å². The number of ether oxygens (including phenoxy) is 1. The molecule has 53 heavy (non-hydrogen) atoms. The number of carbonyl (C=O) groups is 1. The summed E-state index contributed by atoms with van der Waals surface area (Å²) in [5, 5.41) is -2.47. The Hall–Kier alpha value is -4.52. The van der Waals surface area contributed by atoms with Gasteiger partial charge in [-0.05, 0) is 66.6 Å². The molecular weight excluding hydrogens is 710 g/mol. The first-order valence-electron chi connectivity index (χ1n) is 26.2. The number of hydrogen-bond acceptors (Lipinski definition) is 5. The number of nitrogens with zero attached hydrogens (tertiary/aromatic N) is 3. The summed E-state index contributed by atoms with van der Waals surface area (Å²) in [6, 6.07) is 1.02. The smallest absolute Gasteiger partial charge is 0.383 e. The molecule has 0 atom stereocenters. The number of halogens is 5. The van der Waals surface area contributed by atoms with Crippen molar-refractivity contribution in [3.05, 3.63) is 135 Å². The maximum atomic E-state index is 15.7. The predicted molar refractivity (Wildman–Crippen MR) is 198 cm³/mol. The Morgan fingerprint density at radius 2 is 1.75 bits per heavy atom. The van der Waals surface area contributed by atoms with Crippen molar-refractivity contribution in [3.8, 4) is 11.1 Å². The number of carbonyl (C=O) groups excluding carboxylic acids is 1. The molecule has 6 nitrogen and oxygen atoms in total. The second-order valence-corrected chi connectivity index (χ2v) is 11.8. The van der Waals surface area contributed by atoms with E-state index < -0.39 is 173 Å². The number of piperidine rings is 1. The van der Waals surface area contributed by atoms with Crippen LogP contribution in [0.2, 0.25) is 0 Å². The average molecular weight is 772 g/mol. The van der Waals surface area contributed by atoms with Gasteiger partial charge in [0.05, 0.1) is 39.1 Å². The molecule has 0 saturated carbocycles. The zero-order valence-electron chi connectivity index (χ0n) is 49.1. The number of hydrogen-bond donors (Lipinski definition) is 0. The van der Waals surface area contributed by atoms with Crippen molar-refractivity contribution in [1.29, 1.82) is 0 Å². The molecule has 2 heterocycles. The maximum absolute atomic E-state index is 15.7. The minimum Gasteiger partial charge on any atom is -0.383 e. The lowest BCUT2D eigenvalue weighted by Crippen LogP contribution is -2.48. The molecule has 6 rings (SSSR count). The van der Waals surface area contributed by atoms with Crippen LogP contribution in [0.1, 0.15) is 65.2 Å². The van der Waals surface area contributed by atoms with Crippen molar-refractivity contribution < 1.29 is 61.6 Å². The fourth-order valence-corrected chi connectivity index (χ4v) is 5.60. The van der Waals surface area contributed by atoms with Crippen molar-refractivity contribution >= 4 is 28.6 Å². The fraction of sp³-hybridized carbons (Fsp3) is 0.317. The molecule has 5 aromatic rings. The number of aromatic nitrogens is 1. The summed E-state index contributed by atoms with van der Waals surface area (Å²) < 4.78 is 267. The number of methoxy groups -OCH3 is 1. The Balaban J connectivity index is 1.68. The van der Waals surface area contributed by atoms with Crippen molar-refractivity contribution in [2.75, 3.05) is 33.1 Å². The first kappa shape index (κ1) is 19.2. The van der Waals surface area contributed by atoms with E-state index in [9.17, 15) is 32.0 Å². The Labute approximate surface area is 340 Å². The zero-order chi connectivity index (χ0) is 57.2. The summed E-state index contributed by atoms with van der Waals surface area (Å²) >= 11 is -0.452. The molecule has 1 saturated heterocycles. The standard InChI is InChI=1S/C41H40F5N3O3S/c1-27-6-15-36-34(22-27)37(50)23-39(53-26-31-4-3-5-35(42)40(31)43)49(36)25-38(51)48(33-16-18-47(19-17-33)20-21-52-2)24-28-7-9-29(10-8-28)30-11-13-32(14-12-30)41(44,45)46/h3-15,22-23,33H,16-21,24-26H2,1-2H3/i2D3,6D,15D,16D2,17D2,18D2,19D2,21D2,22D,23D,25D2,26D2,33D. The largest absolute Gasteiger partial charge is 0.416 e. The predicted octanol–water partition coefficient (Wildman–Crippen LogP) is 8.71. The highest BCUT2D eigenvalue weighted by Crippen LogP contribution is 2.32. The molecule has 1 fully saturated rings. The molecule has 0 bridgehead atoms. The number of alkyl halides is 3. The minimum absolute atomic E-state index is 0.125. The Morgan fingerprint density at radius 1 is 1.06 bits per heavy atom. The van der Waals surface area contributed by atoms with Crippen LogP contribution in [0.4, 0.5) is 22.0 Å². The van der Waals surface area contributed by atoms with Crippen LogP contribution in [0.3, 0.4) is 0 Å². The van der Waals surface area contributed by atoms with E-state index in [0.29, 0.717) is 12.1 Å². The summed E-state index contributed by atoms with van der Waals surface area (Å²) in [6.07, 6.45) is -13.7. The van der Waals surface area contributed by atoms with Gasteiger partial charge < -0.3 is 19.1 Å². The van der Waals surface area contributed by atoms with E-state index in [-0.39, 0.29) is 26.2 Å². The second kappa shape index (κ2) is 16.7. The summed E-state index contributed by atoms with van der Waals surface area (Å²) in [6.45, 7) is -19.0. The molecule has 0 aliphatic carbocycles. The van der Waals surface area contributed by atoms with E-state index in [1.165, 1.54) is 12.1 Å². The van der Waals surface area contributed by atoms with Crippen molar-refractivity contribution in [2.45, 2.75) is 55.6 Å². The molecule has 0 unspecified atom stereocenters. The van der Waals surface area contributed by atoms with Gasteiger partial charge in [0.25, 0.3) is 0 Å². The van der Waals surface area contributed by atoms with E-state index >= 15 is 9.18 Å². The summed E-state index contributed by atoms with van der Waals surface area (Å²) in [4.78, 5) is 28.9. The molecule has 0 radical (unpaired) electrons. The zero-order valence-corrected chi connectivity index (χ0v) is 27.9. The van der Waals surface area contributed by atoms with E-state index in [0.717, 1.165) is 49.4 Å². The minimum atomic E-state index is -4.73. The molecule has 1 amide bonds. The van der Waals surface area contributed by atoms with Crippen molar-refractivity contribution in [2.24, 2.45) is 0 Å². The van der Waals surface area contributed by atoms with Gasteiger partial charge in [0.1, 0.15) is 6.50 Å². The number of pyridine rings is 1. The molecule has 1 aliphatic rings. The topological polar surface area (TPSA) is 54.8 Å². The van der Waals surface area contributed by atoms with Gasteiger partial charge in [-0.3, -0.25) is 9.59 Å². The molecule has 4 aromatic carbocycles. The van der Waals surface area contributed by atoms with Gasteiger partial charge in [-0.25, -0.2) is 8.78 Å². The number of thioether (sulfide) groups is 1. The van der Waals surface area contributed by atoms with E-state index in [1.54, 1.807) is 0 Å². The van der Waals surface area contributed by atoms with Crippen LogP contribution in [0, 0.1) is 18.6 Å². The number of rotatable bonds is 12. The van der Waals surface area contributed by atoms with Crippen LogP contribution in [0.15, 0.2) is 101 Å². The lowest BCUT2D eigenvalue weighted by atomic mass is 10.00. The highest BCUT2D eigenvalue weighted by atomic mass is 32.2. The van der Waals surface area contributed by atoms with Gasteiger partial charge in [-0.1, -0.05) is 60.1 Å². The maximum Gasteiger partial charge on any atom is 0.416 e. The van der Waals surface area contributed by atoms with Gasteiger partial charge in [0.2, 0.25) is 5.91 Å². The molecule has 12 heteroatoms. The number of amides is 1. The molecular formula is C41H40F5N3O3S. The quantitative estimate of drug-likeness (QED) is 0.0939. The third kappa shape index (κ3) is 9.17. The Morgan fingerprint density at radius 3 is 2.43 bits per heavy atom. The third-order valence-corrected chi connectivity index (χ3v) is 8.28. The summed E-state index contributed by atoms with van der Waals surface area (Å²) in [5.41, 5.74) is -8.93. The van der Waals surface area contributed by atoms with Crippen LogP contribution < -0.4 is 5.43 Å². The molecule has 0 N–H and O–H groups in total. The highest BCUT2D eigenvalue weighted by Gasteiger charge is 2.31. The van der Waals surface area contributed by atoms with E-state index in [2.05, 4.69) is 4.74 Å². The van der Waals surface area contributed by atoms with Gasteiger partial charge in [-0.2, -0.15) is 13.2 Å². The Kier molecular flexibility index (Phi) is 6.03. The number of fused-ring (bicyclic) bond motifs is 1. The lowest BCUT2D eigenvalue weighted by molar-refractivity contribution is -0.137. The van der Waals surface area contributed by atoms with Gasteiger partial charge in [-0.15, -0.1) is 11.8 Å². The van der Waals surface area contributed by atoms with Crippen LogP contribution in [-0.2, 0) is 34.5 Å². The fourth-order valence-electron chi connectivity index (χ4n) is 4.86. The normalized spacial score (nSPS) is 25.7. The summed E-state index contributed by atoms with van der Waals surface area (Å²) in [5.74, 6) is -5.91. The lowest BCUT2D eigenvalue weighted by Gasteiger charge is -2.39. The van der Waals surface area contributed by atoms with Crippen molar-refractivity contribution in [3.63, 3.8) is 0 Å². The summed E-state index contributed by atoms with van der Waals surface area (Å²) in [7, 11) is -3.63. The SMILES string of the molecule is [2H]c1c(C)c([2H])c2c(=O)c([2H])c(SC([2H])([2H])c3cccc(F)c3F)n(C([2H])([2H])C(=O)N(Cc3ccc(-c4ccc(C(F)(F)F)cc4)cc3)C3([2H])C([2H])([2H])C([2H])([2H])N(CC([2H])([2H])OC([2H])([2H])[2H])C([2H])([2H])C3([2H])[2H])c2c1[2H]. The molecule has 278 valence electrons. The van der Waals surface area contributed by atoms with Crippen LogP contribution in [-0.4, -0.2) is 59.4 Å². The van der Waals surface area contributed by atoms with Gasteiger partial charge in [0.15, 0.2) is 17.1 Å². The molecule has 1 aromatic heterocycles. The number of benzene rings is 4. The van der Waals surface area contributed by atoms with Gasteiger partial charge in [0, 0.05) is 75.5 Å². The van der Waals surface area contributed by atoms with Crippen LogP contribution in [0.5, 0.6) is 0 Å². The number of likely N-dealkylation sites (tertiary alicyclic amines) is 1.